The molecule has 0 atom stereocenters. The summed E-state index contributed by atoms with van der Waals surface area (Å²) in [6.07, 6.45) is 0. The second-order valence-electron chi connectivity index (χ2n) is 5.17. The van der Waals surface area contributed by atoms with E-state index in [-0.39, 0.29) is 5.82 Å². The van der Waals surface area contributed by atoms with Gasteiger partial charge in [-0.3, -0.25) is 4.99 Å². The van der Waals surface area contributed by atoms with E-state index in [1.165, 1.54) is 6.07 Å². The average Bonchev–Trinajstić information content (AvgIpc) is 2.58. The summed E-state index contributed by atoms with van der Waals surface area (Å²) in [6, 6.07) is 12.9. The molecule has 0 radical (unpaired) electrons. The number of hydrogen-bond acceptors (Lipinski definition) is 2. The molecule has 0 aromatic heterocycles. The van der Waals surface area contributed by atoms with Crippen LogP contribution < -0.4 is 15.4 Å². The Morgan fingerprint density at radius 2 is 1.87 bits per heavy atom. The van der Waals surface area contributed by atoms with Crippen LogP contribution in [0.5, 0.6) is 5.75 Å². The summed E-state index contributed by atoms with van der Waals surface area (Å²) in [5.74, 6) is 1.33. The molecule has 0 aliphatic carbocycles. The summed E-state index contributed by atoms with van der Waals surface area (Å²) < 4.78 is 18.6. The van der Waals surface area contributed by atoms with Gasteiger partial charge in [-0.1, -0.05) is 30.3 Å². The first-order valence-corrected chi connectivity index (χ1v) is 7.45. The molecule has 0 bridgehead atoms. The molecule has 4 nitrogen and oxygen atoms in total. The number of halogens is 1. The third kappa shape index (κ3) is 4.71. The fourth-order valence-corrected chi connectivity index (χ4v) is 2.25. The van der Waals surface area contributed by atoms with Crippen LogP contribution in [0.25, 0.3) is 0 Å². The number of nitrogens with zero attached hydrogens (tertiary/aromatic N) is 1. The summed E-state index contributed by atoms with van der Waals surface area (Å²) >= 11 is 0. The Kier molecular flexibility index (Phi) is 5.97. The van der Waals surface area contributed by atoms with Crippen molar-refractivity contribution >= 4 is 5.96 Å². The van der Waals surface area contributed by atoms with Crippen LogP contribution in [0.1, 0.15) is 16.7 Å². The highest BCUT2D eigenvalue weighted by Crippen LogP contribution is 2.16. The van der Waals surface area contributed by atoms with Gasteiger partial charge in [0.2, 0.25) is 0 Å². The second-order valence-corrected chi connectivity index (χ2v) is 5.17. The predicted molar refractivity (Wildman–Crippen MR) is 91.2 cm³/mol. The Labute approximate surface area is 136 Å². The normalized spacial score (nSPS) is 11.2. The second kappa shape index (κ2) is 8.17. The van der Waals surface area contributed by atoms with Gasteiger partial charge in [-0.25, -0.2) is 4.39 Å². The molecule has 2 aromatic rings. The molecule has 2 N–H and O–H groups in total. The van der Waals surface area contributed by atoms with E-state index in [1.54, 1.807) is 27.1 Å². The van der Waals surface area contributed by atoms with Crippen molar-refractivity contribution in [2.24, 2.45) is 4.99 Å². The zero-order valence-corrected chi connectivity index (χ0v) is 13.7. The number of benzene rings is 2. The number of nitrogens with one attached hydrogen (secondary N) is 2. The Morgan fingerprint density at radius 1 is 1.13 bits per heavy atom. The first-order chi connectivity index (χ1) is 11.1. The number of guanidine groups is 1. The molecule has 5 heteroatoms. The first kappa shape index (κ1) is 16.8. The summed E-state index contributed by atoms with van der Waals surface area (Å²) in [5.41, 5.74) is 2.70. The van der Waals surface area contributed by atoms with Crippen molar-refractivity contribution in [1.82, 2.24) is 10.6 Å². The lowest BCUT2D eigenvalue weighted by molar-refractivity contribution is 0.409. The first-order valence-electron chi connectivity index (χ1n) is 7.45. The van der Waals surface area contributed by atoms with Crippen molar-refractivity contribution < 1.29 is 9.13 Å². The van der Waals surface area contributed by atoms with E-state index < -0.39 is 0 Å². The van der Waals surface area contributed by atoms with Crippen LogP contribution in [0.3, 0.4) is 0 Å². The minimum absolute atomic E-state index is 0.188. The SMILES string of the molecule is CN=C(NCc1ccc(F)c(C)c1)NCc1ccccc1OC. The highest BCUT2D eigenvalue weighted by molar-refractivity contribution is 5.79. The quantitative estimate of drug-likeness (QED) is 0.658. The van der Waals surface area contributed by atoms with Crippen LogP contribution in [0.4, 0.5) is 4.39 Å². The molecule has 0 amide bonds. The van der Waals surface area contributed by atoms with E-state index in [2.05, 4.69) is 15.6 Å². The van der Waals surface area contributed by atoms with E-state index in [4.69, 9.17) is 4.74 Å². The maximum Gasteiger partial charge on any atom is 0.191 e. The van der Waals surface area contributed by atoms with Crippen molar-refractivity contribution in [2.45, 2.75) is 20.0 Å². The Balaban J connectivity index is 1.92. The topological polar surface area (TPSA) is 45.7 Å². The molecule has 2 aromatic carbocycles. The number of para-hydroxylation sites is 1. The van der Waals surface area contributed by atoms with Crippen LogP contribution in [0.2, 0.25) is 0 Å². The number of aryl methyl sites for hydroxylation is 1. The maximum atomic E-state index is 13.3. The van der Waals surface area contributed by atoms with E-state index >= 15 is 0 Å². The number of hydrogen-bond donors (Lipinski definition) is 2. The van der Waals surface area contributed by atoms with Crippen molar-refractivity contribution in [3.8, 4) is 5.75 Å². The molecule has 0 fully saturated rings. The zero-order chi connectivity index (χ0) is 16.7. The summed E-state index contributed by atoms with van der Waals surface area (Å²) in [5, 5.41) is 6.46. The molecule has 0 saturated heterocycles. The van der Waals surface area contributed by atoms with Crippen LogP contribution in [0.15, 0.2) is 47.5 Å². The molecule has 122 valence electrons. The number of rotatable bonds is 5. The van der Waals surface area contributed by atoms with Gasteiger partial charge in [0, 0.05) is 25.7 Å². The smallest absolute Gasteiger partial charge is 0.191 e. The minimum Gasteiger partial charge on any atom is -0.496 e. The van der Waals surface area contributed by atoms with Crippen LogP contribution in [-0.4, -0.2) is 20.1 Å². The van der Waals surface area contributed by atoms with Gasteiger partial charge in [-0.05, 0) is 30.2 Å². The van der Waals surface area contributed by atoms with Gasteiger partial charge in [0.1, 0.15) is 11.6 Å². The Hall–Kier alpha value is -2.56. The van der Waals surface area contributed by atoms with Gasteiger partial charge in [0.05, 0.1) is 7.11 Å². The summed E-state index contributed by atoms with van der Waals surface area (Å²) in [4.78, 5) is 4.19. The van der Waals surface area contributed by atoms with Gasteiger partial charge >= 0.3 is 0 Å². The summed E-state index contributed by atoms with van der Waals surface area (Å²) in [7, 11) is 3.37. The molecule has 0 saturated carbocycles. The van der Waals surface area contributed by atoms with Crippen LogP contribution >= 0.6 is 0 Å². The van der Waals surface area contributed by atoms with Crippen LogP contribution in [0, 0.1) is 12.7 Å². The van der Waals surface area contributed by atoms with Gasteiger partial charge in [-0.15, -0.1) is 0 Å². The van der Waals surface area contributed by atoms with Gasteiger partial charge in [0.25, 0.3) is 0 Å². The fourth-order valence-electron chi connectivity index (χ4n) is 2.25. The predicted octanol–water partition coefficient (Wildman–Crippen LogP) is 3.01. The lowest BCUT2D eigenvalue weighted by Gasteiger charge is -2.14. The molecule has 0 aliphatic rings. The summed E-state index contributed by atoms with van der Waals surface area (Å²) in [6.45, 7) is 2.94. The van der Waals surface area contributed by atoms with E-state index in [0.717, 1.165) is 16.9 Å². The van der Waals surface area contributed by atoms with Crippen molar-refractivity contribution in [2.75, 3.05) is 14.2 Å². The maximum absolute atomic E-state index is 13.3. The van der Waals surface area contributed by atoms with Gasteiger partial charge < -0.3 is 15.4 Å². The van der Waals surface area contributed by atoms with Crippen LogP contribution in [-0.2, 0) is 13.1 Å². The molecule has 0 spiro atoms. The van der Waals surface area contributed by atoms with E-state index in [1.807, 2.05) is 30.3 Å². The molecule has 0 unspecified atom stereocenters. The molecule has 0 aliphatic heterocycles. The highest BCUT2D eigenvalue weighted by Gasteiger charge is 2.04. The molecular formula is C18H22FN3O. The van der Waals surface area contributed by atoms with Crippen molar-refractivity contribution in [1.29, 1.82) is 0 Å². The number of ether oxygens (including phenoxy) is 1. The molecule has 2 rings (SSSR count). The molecule has 0 heterocycles. The zero-order valence-electron chi connectivity index (χ0n) is 13.7. The van der Waals surface area contributed by atoms with Crippen molar-refractivity contribution in [3.63, 3.8) is 0 Å². The third-order valence-electron chi connectivity index (χ3n) is 3.54. The minimum atomic E-state index is -0.188. The Bertz CT molecular complexity index is 686. The number of methoxy groups -OCH3 is 1. The largest absolute Gasteiger partial charge is 0.496 e. The van der Waals surface area contributed by atoms with E-state index in [9.17, 15) is 4.39 Å². The standard InChI is InChI=1S/C18H22FN3O/c1-13-10-14(8-9-16(13)19)11-21-18(20-2)22-12-15-6-4-5-7-17(15)23-3/h4-10H,11-12H2,1-3H3,(H2,20,21,22). The lowest BCUT2D eigenvalue weighted by atomic mass is 10.1. The third-order valence-corrected chi connectivity index (χ3v) is 3.54. The average molecular weight is 315 g/mol. The van der Waals surface area contributed by atoms with Gasteiger partial charge in [-0.2, -0.15) is 0 Å². The Morgan fingerprint density at radius 3 is 2.57 bits per heavy atom. The molecule has 23 heavy (non-hydrogen) atoms. The number of aliphatic imine (C=N–C) groups is 1. The lowest BCUT2D eigenvalue weighted by Crippen LogP contribution is -2.36. The van der Waals surface area contributed by atoms with Crippen molar-refractivity contribution in [3.05, 3.63) is 65.0 Å². The fraction of sp³-hybridized carbons (Fsp3) is 0.278. The molecular weight excluding hydrogens is 293 g/mol. The van der Waals surface area contributed by atoms with Gasteiger partial charge in [0.15, 0.2) is 5.96 Å². The highest BCUT2D eigenvalue weighted by atomic mass is 19.1. The monoisotopic (exact) mass is 315 g/mol. The van der Waals surface area contributed by atoms with E-state index in [0.29, 0.717) is 24.6 Å².